The van der Waals surface area contributed by atoms with Gasteiger partial charge >= 0.3 is 5.97 Å². The number of esters is 1. The van der Waals surface area contributed by atoms with E-state index < -0.39 is 5.97 Å². The van der Waals surface area contributed by atoms with E-state index in [1.54, 1.807) is 0 Å². The number of hydrogen-bond donors (Lipinski definition) is 0. The third-order valence-corrected chi connectivity index (χ3v) is 2.32. The highest BCUT2D eigenvalue weighted by atomic mass is 35.5. The first-order valence-electron chi connectivity index (χ1n) is 4.29. The molecule has 4 nitrogen and oxygen atoms in total. The predicted molar refractivity (Wildman–Crippen MR) is 60.9 cm³/mol. The van der Waals surface area contributed by atoms with Crippen LogP contribution in [0.15, 0.2) is 6.07 Å². The lowest BCUT2D eigenvalue weighted by Gasteiger charge is -2.14. The van der Waals surface area contributed by atoms with Gasteiger partial charge in [0.1, 0.15) is 0 Å². The molecule has 0 aliphatic carbocycles. The molecule has 0 radical (unpaired) electrons. The third kappa shape index (κ3) is 2.51. The summed E-state index contributed by atoms with van der Waals surface area (Å²) >= 11 is 11.8. The van der Waals surface area contributed by atoms with Crippen molar-refractivity contribution in [3.63, 3.8) is 0 Å². The van der Waals surface area contributed by atoms with E-state index in [-0.39, 0.29) is 27.3 Å². The number of ether oxygens (including phenoxy) is 3. The van der Waals surface area contributed by atoms with Gasteiger partial charge in [-0.05, 0) is 6.07 Å². The van der Waals surface area contributed by atoms with E-state index in [0.717, 1.165) is 0 Å². The topological polar surface area (TPSA) is 44.8 Å². The zero-order valence-corrected chi connectivity index (χ0v) is 10.5. The molecule has 16 heavy (non-hydrogen) atoms. The zero-order valence-electron chi connectivity index (χ0n) is 8.97. The number of halogens is 2. The number of benzene rings is 1. The lowest BCUT2D eigenvalue weighted by atomic mass is 10.3. The molecule has 0 amide bonds. The minimum Gasteiger partial charge on any atom is -0.491 e. The summed E-state index contributed by atoms with van der Waals surface area (Å²) in [5.74, 6) is -0.0267. The highest BCUT2D eigenvalue weighted by Gasteiger charge is 2.21. The number of carbonyl (C=O) groups is 1. The maximum atomic E-state index is 11.0. The Bertz CT molecular complexity index is 390. The van der Waals surface area contributed by atoms with Gasteiger partial charge in [0.15, 0.2) is 11.5 Å². The van der Waals surface area contributed by atoms with E-state index in [9.17, 15) is 4.79 Å². The van der Waals surface area contributed by atoms with E-state index >= 15 is 0 Å². The van der Waals surface area contributed by atoms with Crippen LogP contribution in [-0.2, 0) is 4.79 Å². The first-order valence-corrected chi connectivity index (χ1v) is 5.05. The summed E-state index contributed by atoms with van der Waals surface area (Å²) in [6.45, 7) is 1.26. The maximum Gasteiger partial charge on any atom is 0.308 e. The van der Waals surface area contributed by atoms with Crippen LogP contribution >= 0.6 is 23.2 Å². The summed E-state index contributed by atoms with van der Waals surface area (Å²) in [5, 5.41) is 0.481. The van der Waals surface area contributed by atoms with Crippen LogP contribution in [0.2, 0.25) is 10.0 Å². The molecule has 0 fully saturated rings. The Balaban J connectivity index is 3.42. The summed E-state index contributed by atoms with van der Waals surface area (Å²) in [5.41, 5.74) is 0. The van der Waals surface area contributed by atoms with Crippen molar-refractivity contribution < 1.29 is 19.0 Å². The van der Waals surface area contributed by atoms with Crippen LogP contribution in [0.1, 0.15) is 6.92 Å². The molecule has 0 saturated heterocycles. The van der Waals surface area contributed by atoms with Crippen molar-refractivity contribution in [1.82, 2.24) is 0 Å². The fraction of sp³-hybridized carbons (Fsp3) is 0.300. The second-order valence-corrected chi connectivity index (χ2v) is 3.64. The normalized spacial score (nSPS) is 9.81. The Morgan fingerprint density at radius 2 is 1.50 bits per heavy atom. The average molecular weight is 265 g/mol. The summed E-state index contributed by atoms with van der Waals surface area (Å²) in [4.78, 5) is 11.0. The van der Waals surface area contributed by atoms with Gasteiger partial charge in [-0.1, -0.05) is 23.2 Å². The Morgan fingerprint density at radius 1 is 1.06 bits per heavy atom. The molecule has 0 N–H and O–H groups in total. The second kappa shape index (κ2) is 5.27. The number of rotatable bonds is 3. The molecular weight excluding hydrogens is 255 g/mol. The number of hydrogen-bond acceptors (Lipinski definition) is 4. The van der Waals surface area contributed by atoms with Gasteiger partial charge in [0.2, 0.25) is 5.75 Å². The molecule has 0 aliphatic heterocycles. The third-order valence-electron chi connectivity index (χ3n) is 1.75. The first kappa shape index (κ1) is 12.9. The van der Waals surface area contributed by atoms with Gasteiger partial charge in [0.05, 0.1) is 24.3 Å². The second-order valence-electron chi connectivity index (χ2n) is 2.83. The molecular formula is C10H10Cl2O4. The van der Waals surface area contributed by atoms with Crippen LogP contribution in [-0.4, -0.2) is 20.2 Å². The van der Waals surface area contributed by atoms with Crippen LogP contribution in [0, 0.1) is 0 Å². The summed E-state index contributed by atoms with van der Waals surface area (Å²) in [6, 6.07) is 1.45. The average Bonchev–Trinajstić information content (AvgIpc) is 2.17. The van der Waals surface area contributed by atoms with Crippen molar-refractivity contribution in [2.45, 2.75) is 6.92 Å². The van der Waals surface area contributed by atoms with Crippen LogP contribution in [0.4, 0.5) is 0 Å². The Morgan fingerprint density at radius 3 is 1.81 bits per heavy atom. The molecule has 1 rings (SSSR count). The largest absolute Gasteiger partial charge is 0.491 e. The first-order chi connectivity index (χ1) is 7.51. The van der Waals surface area contributed by atoms with Crippen LogP contribution in [0.25, 0.3) is 0 Å². The molecule has 0 atom stereocenters. The molecule has 1 aromatic carbocycles. The van der Waals surface area contributed by atoms with Crippen LogP contribution in [0.5, 0.6) is 17.2 Å². The molecule has 0 heterocycles. The highest BCUT2D eigenvalue weighted by Crippen LogP contribution is 2.47. The summed E-state index contributed by atoms with van der Waals surface area (Å²) in [7, 11) is 2.81. The van der Waals surface area contributed by atoms with Crippen molar-refractivity contribution in [3.8, 4) is 17.2 Å². The van der Waals surface area contributed by atoms with Crippen molar-refractivity contribution in [3.05, 3.63) is 16.1 Å². The quantitative estimate of drug-likeness (QED) is 0.622. The van der Waals surface area contributed by atoms with Gasteiger partial charge in [-0.2, -0.15) is 0 Å². The van der Waals surface area contributed by atoms with E-state index in [4.69, 9.17) is 37.4 Å². The van der Waals surface area contributed by atoms with Gasteiger partial charge in [0.25, 0.3) is 0 Å². The monoisotopic (exact) mass is 264 g/mol. The zero-order chi connectivity index (χ0) is 12.3. The number of carbonyl (C=O) groups excluding carboxylic acids is 1. The van der Waals surface area contributed by atoms with Gasteiger partial charge in [-0.25, -0.2) is 0 Å². The lowest BCUT2D eigenvalue weighted by Crippen LogP contribution is -2.05. The fourth-order valence-corrected chi connectivity index (χ4v) is 1.78. The minimum atomic E-state index is -0.519. The van der Waals surface area contributed by atoms with Crippen LogP contribution < -0.4 is 14.2 Å². The van der Waals surface area contributed by atoms with Gasteiger partial charge in [-0.15, -0.1) is 0 Å². The molecule has 6 heteroatoms. The SMILES string of the molecule is COc1c(Cl)cc(Cl)c(OC)c1OC(C)=O. The van der Waals surface area contributed by atoms with Crippen LogP contribution in [0.3, 0.4) is 0 Å². The summed E-state index contributed by atoms with van der Waals surface area (Å²) < 4.78 is 15.0. The molecule has 0 bridgehead atoms. The van der Waals surface area contributed by atoms with E-state index in [1.165, 1.54) is 27.2 Å². The molecule has 0 aromatic heterocycles. The molecule has 0 unspecified atom stereocenters. The molecule has 0 spiro atoms. The van der Waals surface area contributed by atoms with Crippen molar-refractivity contribution in [1.29, 1.82) is 0 Å². The van der Waals surface area contributed by atoms with Gasteiger partial charge in [-0.3, -0.25) is 4.79 Å². The van der Waals surface area contributed by atoms with Gasteiger partial charge in [0, 0.05) is 6.92 Å². The number of methoxy groups -OCH3 is 2. The van der Waals surface area contributed by atoms with Gasteiger partial charge < -0.3 is 14.2 Å². The lowest BCUT2D eigenvalue weighted by molar-refractivity contribution is -0.132. The predicted octanol–water partition coefficient (Wildman–Crippen LogP) is 2.94. The fourth-order valence-electron chi connectivity index (χ4n) is 1.18. The molecule has 0 aliphatic rings. The van der Waals surface area contributed by atoms with Crippen molar-refractivity contribution in [2.24, 2.45) is 0 Å². The standard InChI is InChI=1S/C10H10Cl2O4/c1-5(13)16-10-8(14-2)6(11)4-7(12)9(10)15-3/h4H,1-3H3. The molecule has 88 valence electrons. The smallest absolute Gasteiger partial charge is 0.308 e. The van der Waals surface area contributed by atoms with E-state index in [2.05, 4.69) is 0 Å². The molecule has 1 aromatic rings. The van der Waals surface area contributed by atoms with Crippen molar-refractivity contribution in [2.75, 3.05) is 14.2 Å². The summed E-state index contributed by atoms with van der Waals surface area (Å²) in [6.07, 6.45) is 0. The highest BCUT2D eigenvalue weighted by molar-refractivity contribution is 6.37. The Hall–Kier alpha value is -1.13. The minimum absolute atomic E-state index is 0.0787. The van der Waals surface area contributed by atoms with E-state index in [0.29, 0.717) is 0 Å². The maximum absolute atomic E-state index is 11.0. The molecule has 0 saturated carbocycles. The van der Waals surface area contributed by atoms with E-state index in [1.807, 2.05) is 0 Å². The Kier molecular flexibility index (Phi) is 4.26. The van der Waals surface area contributed by atoms with Crippen molar-refractivity contribution >= 4 is 29.2 Å². The Labute approximate surface area is 103 Å².